The molecule has 2 aliphatic heterocycles. The molecule has 6 rings (SSSR count). The molecule has 0 amide bonds. The average molecular weight is 476 g/mol. The first kappa shape index (κ1) is 23.5. The highest BCUT2D eigenvalue weighted by atomic mass is 16.5. The first-order valence-electron chi connectivity index (χ1n) is 12.1. The van der Waals surface area contributed by atoms with Crippen LogP contribution in [-0.2, 0) is 16.5 Å². The second kappa shape index (κ2) is 10.6. The molecule has 0 aliphatic carbocycles. The van der Waals surface area contributed by atoms with Crippen molar-refractivity contribution in [2.75, 3.05) is 64.6 Å². The summed E-state index contributed by atoms with van der Waals surface area (Å²) in [6, 6.07) is 12.5. The number of hydrogen-bond acceptors (Lipinski definition) is 7. The van der Waals surface area contributed by atoms with Gasteiger partial charge < -0.3 is 23.8 Å². The molecule has 0 radical (unpaired) electrons. The normalized spacial score (nSPS) is 16.8. The molecule has 35 heavy (non-hydrogen) atoms. The Balaban J connectivity index is 0.000000313. The Kier molecular flexibility index (Phi) is 7.08. The molecule has 5 heterocycles. The van der Waals surface area contributed by atoms with E-state index in [0.29, 0.717) is 0 Å². The summed E-state index contributed by atoms with van der Waals surface area (Å²) in [6.07, 6.45) is 3.78. The quantitative estimate of drug-likeness (QED) is 0.451. The average Bonchev–Trinajstić information content (AvgIpc) is 3.53. The van der Waals surface area contributed by atoms with Gasteiger partial charge in [-0.15, -0.1) is 0 Å². The van der Waals surface area contributed by atoms with E-state index in [0.717, 1.165) is 86.5 Å². The molecule has 4 aromatic rings. The standard InChI is InChI=1S/C21H22N6O.C5H11NO/c1-15-4-3-5-16(12-15)17-6-7-27(24-17)19-13-18(26-8-10-28-11-9-26)20-21(23-19)25(2)14-22-20;1-6-2-4-7-5-3-6/h3-7,12-14H,8-11H2,1-2H3;2-5H2,1H3. The summed E-state index contributed by atoms with van der Waals surface area (Å²) in [7, 11) is 4.08. The number of morpholine rings is 2. The number of ether oxygens (including phenoxy) is 2. The Bertz CT molecular complexity index is 1270. The van der Waals surface area contributed by atoms with Crippen LogP contribution in [0.3, 0.4) is 0 Å². The number of nitrogens with zero attached hydrogens (tertiary/aromatic N) is 7. The minimum atomic E-state index is 0.727. The topological polar surface area (TPSA) is 73.5 Å². The van der Waals surface area contributed by atoms with E-state index >= 15 is 0 Å². The first-order chi connectivity index (χ1) is 17.1. The number of aromatic nitrogens is 5. The van der Waals surface area contributed by atoms with Crippen LogP contribution < -0.4 is 4.90 Å². The predicted octanol–water partition coefficient (Wildman–Crippen LogP) is 2.91. The lowest BCUT2D eigenvalue weighted by Gasteiger charge is -2.29. The number of hydrogen-bond donors (Lipinski definition) is 0. The van der Waals surface area contributed by atoms with E-state index < -0.39 is 0 Å². The summed E-state index contributed by atoms with van der Waals surface area (Å²) in [6.45, 7) is 9.27. The highest BCUT2D eigenvalue weighted by molar-refractivity contribution is 5.87. The zero-order valence-corrected chi connectivity index (χ0v) is 20.7. The maximum atomic E-state index is 5.51. The molecule has 3 aromatic heterocycles. The fourth-order valence-corrected chi connectivity index (χ4v) is 4.29. The SMILES string of the molecule is CN1CCOCC1.Cc1cccc(-c2ccn(-c3cc(N4CCOCC4)c4ncn(C)c4n3)n2)c1. The number of pyridine rings is 1. The van der Waals surface area contributed by atoms with E-state index in [2.05, 4.69) is 59.1 Å². The van der Waals surface area contributed by atoms with Gasteiger partial charge in [-0.3, -0.25) is 0 Å². The molecular weight excluding hydrogens is 442 g/mol. The van der Waals surface area contributed by atoms with Crippen LogP contribution >= 0.6 is 0 Å². The summed E-state index contributed by atoms with van der Waals surface area (Å²) in [5, 5.41) is 4.78. The van der Waals surface area contributed by atoms with Crippen molar-refractivity contribution in [2.45, 2.75) is 6.92 Å². The van der Waals surface area contributed by atoms with Crippen LogP contribution in [0.15, 0.2) is 48.9 Å². The first-order valence-corrected chi connectivity index (χ1v) is 12.1. The van der Waals surface area contributed by atoms with Gasteiger partial charge in [-0.05, 0) is 26.1 Å². The lowest BCUT2D eigenvalue weighted by atomic mass is 10.1. The van der Waals surface area contributed by atoms with Gasteiger partial charge >= 0.3 is 0 Å². The summed E-state index contributed by atoms with van der Waals surface area (Å²) in [5.74, 6) is 0.788. The van der Waals surface area contributed by atoms with Crippen LogP contribution in [0.25, 0.3) is 28.2 Å². The highest BCUT2D eigenvalue weighted by Crippen LogP contribution is 2.28. The van der Waals surface area contributed by atoms with E-state index in [9.17, 15) is 0 Å². The summed E-state index contributed by atoms with van der Waals surface area (Å²) >= 11 is 0. The van der Waals surface area contributed by atoms with Gasteiger partial charge in [-0.2, -0.15) is 5.10 Å². The lowest BCUT2D eigenvalue weighted by molar-refractivity contribution is 0.0503. The fraction of sp³-hybridized carbons (Fsp3) is 0.423. The van der Waals surface area contributed by atoms with Gasteiger partial charge in [0.15, 0.2) is 11.5 Å². The van der Waals surface area contributed by atoms with Crippen LogP contribution in [0.5, 0.6) is 0 Å². The van der Waals surface area contributed by atoms with E-state index in [1.165, 1.54) is 5.56 Å². The molecule has 9 nitrogen and oxygen atoms in total. The van der Waals surface area contributed by atoms with Crippen molar-refractivity contribution >= 4 is 16.9 Å². The van der Waals surface area contributed by atoms with E-state index in [-0.39, 0.29) is 0 Å². The minimum absolute atomic E-state index is 0.727. The predicted molar refractivity (Wildman–Crippen MR) is 137 cm³/mol. The van der Waals surface area contributed by atoms with Gasteiger partial charge in [0.05, 0.1) is 44.1 Å². The van der Waals surface area contributed by atoms with Crippen LogP contribution in [0.4, 0.5) is 5.69 Å². The van der Waals surface area contributed by atoms with Gasteiger partial charge in [0.2, 0.25) is 0 Å². The van der Waals surface area contributed by atoms with Crippen LogP contribution in [0, 0.1) is 6.92 Å². The molecule has 0 spiro atoms. The molecular formula is C26H33N7O2. The van der Waals surface area contributed by atoms with Crippen LogP contribution in [0.2, 0.25) is 0 Å². The van der Waals surface area contributed by atoms with Crippen molar-refractivity contribution in [3.05, 3.63) is 54.5 Å². The molecule has 2 fully saturated rings. The number of benzene rings is 1. The molecule has 184 valence electrons. The van der Waals surface area contributed by atoms with E-state index in [4.69, 9.17) is 19.6 Å². The van der Waals surface area contributed by atoms with Gasteiger partial charge in [0, 0.05) is 51.1 Å². The third-order valence-corrected chi connectivity index (χ3v) is 6.36. The van der Waals surface area contributed by atoms with Gasteiger partial charge in [-0.1, -0.05) is 23.8 Å². The number of likely N-dealkylation sites (N-methyl/N-ethyl adjacent to an activating group) is 1. The number of aryl methyl sites for hydroxylation is 2. The summed E-state index contributed by atoms with van der Waals surface area (Å²) in [4.78, 5) is 14.0. The van der Waals surface area contributed by atoms with E-state index in [1.807, 2.05) is 34.9 Å². The zero-order valence-electron chi connectivity index (χ0n) is 20.7. The van der Waals surface area contributed by atoms with Crippen molar-refractivity contribution in [2.24, 2.45) is 7.05 Å². The van der Waals surface area contributed by atoms with Crippen molar-refractivity contribution < 1.29 is 9.47 Å². The third-order valence-electron chi connectivity index (χ3n) is 6.36. The molecule has 2 aliphatic rings. The summed E-state index contributed by atoms with van der Waals surface area (Å²) < 4.78 is 14.4. The second-order valence-corrected chi connectivity index (χ2v) is 9.06. The Hall–Kier alpha value is -3.27. The fourth-order valence-electron chi connectivity index (χ4n) is 4.29. The maximum Gasteiger partial charge on any atom is 0.164 e. The molecule has 1 aromatic carbocycles. The molecule has 0 saturated carbocycles. The largest absolute Gasteiger partial charge is 0.379 e. The number of rotatable bonds is 3. The Labute approximate surface area is 205 Å². The van der Waals surface area contributed by atoms with E-state index in [1.54, 1.807) is 0 Å². The summed E-state index contributed by atoms with van der Waals surface area (Å²) in [5.41, 5.74) is 6.11. The Morgan fingerprint density at radius 3 is 2.31 bits per heavy atom. The highest BCUT2D eigenvalue weighted by Gasteiger charge is 2.19. The molecule has 0 atom stereocenters. The lowest BCUT2D eigenvalue weighted by Crippen LogP contribution is -2.36. The van der Waals surface area contributed by atoms with Crippen LogP contribution in [0.1, 0.15) is 5.56 Å². The van der Waals surface area contributed by atoms with Crippen LogP contribution in [-0.4, -0.2) is 88.9 Å². The number of fused-ring (bicyclic) bond motifs is 1. The van der Waals surface area contributed by atoms with Gasteiger partial charge in [-0.25, -0.2) is 14.6 Å². The molecule has 2 saturated heterocycles. The van der Waals surface area contributed by atoms with Crippen molar-refractivity contribution in [1.82, 2.24) is 29.2 Å². The third kappa shape index (κ3) is 5.37. The zero-order chi connectivity index (χ0) is 24.2. The van der Waals surface area contributed by atoms with Crippen molar-refractivity contribution in [3.63, 3.8) is 0 Å². The Morgan fingerprint density at radius 1 is 0.886 bits per heavy atom. The number of anilines is 1. The van der Waals surface area contributed by atoms with Crippen molar-refractivity contribution in [1.29, 1.82) is 0 Å². The second-order valence-electron chi connectivity index (χ2n) is 9.06. The molecule has 9 heteroatoms. The van der Waals surface area contributed by atoms with Crippen molar-refractivity contribution in [3.8, 4) is 17.1 Å². The number of imidazole rings is 1. The van der Waals surface area contributed by atoms with Gasteiger partial charge in [0.25, 0.3) is 0 Å². The Morgan fingerprint density at radius 2 is 1.63 bits per heavy atom. The van der Waals surface area contributed by atoms with Gasteiger partial charge in [0.1, 0.15) is 5.52 Å². The molecule has 0 bridgehead atoms. The minimum Gasteiger partial charge on any atom is -0.379 e. The molecule has 0 N–H and O–H groups in total. The monoisotopic (exact) mass is 475 g/mol. The smallest absolute Gasteiger partial charge is 0.164 e. The molecule has 0 unspecified atom stereocenters. The maximum absolute atomic E-state index is 5.51.